The van der Waals surface area contributed by atoms with E-state index in [-0.39, 0.29) is 24.2 Å². The zero-order valence-electron chi connectivity index (χ0n) is 16.3. The van der Waals surface area contributed by atoms with Gasteiger partial charge in [-0.2, -0.15) is 0 Å². The van der Waals surface area contributed by atoms with E-state index in [0.29, 0.717) is 22.7 Å². The van der Waals surface area contributed by atoms with E-state index in [9.17, 15) is 14.0 Å². The van der Waals surface area contributed by atoms with E-state index in [1.54, 1.807) is 34.1 Å². The third kappa shape index (κ3) is 2.80. The molecule has 0 aliphatic carbocycles. The van der Waals surface area contributed by atoms with Crippen LogP contribution in [-0.4, -0.2) is 29.0 Å². The Labute approximate surface area is 182 Å². The lowest BCUT2D eigenvalue weighted by Crippen LogP contribution is -2.50. The first-order valence-corrected chi connectivity index (χ1v) is 11.5. The molecule has 2 aromatic carbocycles. The lowest BCUT2D eigenvalue weighted by atomic mass is 10.0. The van der Waals surface area contributed by atoms with Gasteiger partial charge in [-0.3, -0.25) is 9.59 Å². The van der Waals surface area contributed by atoms with Gasteiger partial charge in [0.25, 0.3) is 11.8 Å². The van der Waals surface area contributed by atoms with Crippen molar-refractivity contribution in [2.24, 2.45) is 0 Å². The van der Waals surface area contributed by atoms with Crippen molar-refractivity contribution < 1.29 is 14.0 Å². The van der Waals surface area contributed by atoms with Crippen molar-refractivity contribution in [3.05, 3.63) is 87.4 Å². The first-order chi connectivity index (χ1) is 14.5. The molecule has 3 heterocycles. The normalized spacial score (nSPS) is 20.3. The van der Waals surface area contributed by atoms with Gasteiger partial charge >= 0.3 is 0 Å². The van der Waals surface area contributed by atoms with Crippen molar-refractivity contribution in [3.8, 4) is 0 Å². The standard InChI is InChI=1S/C23H19FN2O2S2/c1-15-8-9-19-17(13-15)23(22(28)25(19)14-16-5-2-3-6-18(16)24)26(10-12-30-23)21(27)20-7-4-11-29-20/h2-9,11,13H,10,12,14H2,1H3/t23-/m0/s1. The number of hydrogen-bond donors (Lipinski definition) is 0. The predicted octanol–water partition coefficient (Wildman–Crippen LogP) is 4.78. The van der Waals surface area contributed by atoms with E-state index in [2.05, 4.69) is 0 Å². The van der Waals surface area contributed by atoms with E-state index in [1.165, 1.54) is 29.2 Å². The number of carbonyl (C=O) groups excluding carboxylic acids is 2. The topological polar surface area (TPSA) is 40.6 Å². The highest BCUT2D eigenvalue weighted by atomic mass is 32.2. The number of thiophene rings is 1. The summed E-state index contributed by atoms with van der Waals surface area (Å²) in [5.41, 5.74) is 3.03. The Hall–Kier alpha value is -2.64. The van der Waals surface area contributed by atoms with E-state index in [4.69, 9.17) is 0 Å². The molecule has 1 saturated heterocycles. The lowest BCUT2D eigenvalue weighted by molar-refractivity contribution is -0.123. The second-order valence-corrected chi connectivity index (χ2v) is 9.67. The molecule has 0 N–H and O–H groups in total. The third-order valence-electron chi connectivity index (χ3n) is 5.61. The van der Waals surface area contributed by atoms with Gasteiger partial charge in [0.1, 0.15) is 5.82 Å². The highest BCUT2D eigenvalue weighted by Gasteiger charge is 2.59. The number of hydrogen-bond acceptors (Lipinski definition) is 4. The fourth-order valence-electron chi connectivity index (χ4n) is 4.22. The maximum atomic E-state index is 14.4. The number of nitrogens with zero attached hydrogens (tertiary/aromatic N) is 2. The van der Waals surface area contributed by atoms with Crippen LogP contribution in [0.25, 0.3) is 0 Å². The van der Waals surface area contributed by atoms with E-state index in [0.717, 1.165) is 16.8 Å². The molecule has 0 bridgehead atoms. The molecule has 30 heavy (non-hydrogen) atoms. The zero-order valence-corrected chi connectivity index (χ0v) is 17.9. The van der Waals surface area contributed by atoms with Crippen molar-refractivity contribution in [1.29, 1.82) is 0 Å². The summed E-state index contributed by atoms with van der Waals surface area (Å²) in [6, 6.07) is 16.0. The second kappa shape index (κ2) is 7.25. The molecule has 152 valence electrons. The van der Waals surface area contributed by atoms with Gasteiger partial charge in [0.2, 0.25) is 0 Å². The number of aryl methyl sites for hydroxylation is 1. The molecule has 2 amide bonds. The first kappa shape index (κ1) is 19.3. The van der Waals surface area contributed by atoms with Crippen LogP contribution in [0.5, 0.6) is 0 Å². The number of thioether (sulfide) groups is 1. The van der Waals surface area contributed by atoms with Crippen molar-refractivity contribution in [3.63, 3.8) is 0 Å². The Morgan fingerprint density at radius 1 is 1.17 bits per heavy atom. The van der Waals surface area contributed by atoms with Crippen LogP contribution in [0.1, 0.15) is 26.4 Å². The number of benzene rings is 2. The third-order valence-corrected chi connectivity index (χ3v) is 7.89. The minimum absolute atomic E-state index is 0.130. The Morgan fingerprint density at radius 3 is 2.77 bits per heavy atom. The molecule has 0 saturated carbocycles. The summed E-state index contributed by atoms with van der Waals surface area (Å²) >= 11 is 2.86. The van der Waals surface area contributed by atoms with Gasteiger partial charge in [-0.05, 0) is 30.5 Å². The number of rotatable bonds is 3. The maximum Gasteiger partial charge on any atom is 0.268 e. The molecule has 7 heteroatoms. The van der Waals surface area contributed by atoms with Gasteiger partial charge in [0, 0.05) is 23.4 Å². The summed E-state index contributed by atoms with van der Waals surface area (Å²) in [6.07, 6.45) is 0. The minimum Gasteiger partial charge on any atom is -0.310 e. The zero-order chi connectivity index (χ0) is 20.9. The van der Waals surface area contributed by atoms with Gasteiger partial charge in [-0.25, -0.2) is 4.39 Å². The van der Waals surface area contributed by atoms with Gasteiger partial charge in [0.05, 0.1) is 17.1 Å². The molecule has 1 aromatic heterocycles. The molecular weight excluding hydrogens is 419 g/mol. The largest absolute Gasteiger partial charge is 0.310 e. The molecule has 1 atom stereocenters. The van der Waals surface area contributed by atoms with Gasteiger partial charge in [-0.15, -0.1) is 23.1 Å². The van der Waals surface area contributed by atoms with Crippen LogP contribution in [0, 0.1) is 12.7 Å². The summed E-state index contributed by atoms with van der Waals surface area (Å²) in [7, 11) is 0. The SMILES string of the molecule is Cc1ccc2c(c1)[C@]1(SCCN1C(=O)c1cccs1)C(=O)N2Cc1ccccc1F. The fraction of sp³-hybridized carbons (Fsp3) is 0.217. The maximum absolute atomic E-state index is 14.4. The first-order valence-electron chi connectivity index (χ1n) is 9.68. The van der Waals surface area contributed by atoms with Crippen LogP contribution in [0.4, 0.5) is 10.1 Å². The van der Waals surface area contributed by atoms with Gasteiger partial charge < -0.3 is 9.80 Å². The number of halogens is 1. The van der Waals surface area contributed by atoms with Crippen LogP contribution >= 0.6 is 23.1 Å². The molecule has 1 fully saturated rings. The van der Waals surface area contributed by atoms with Crippen LogP contribution in [0.2, 0.25) is 0 Å². The van der Waals surface area contributed by atoms with Gasteiger partial charge in [-0.1, -0.05) is 42.0 Å². The number of amides is 2. The lowest BCUT2D eigenvalue weighted by Gasteiger charge is -2.33. The summed E-state index contributed by atoms with van der Waals surface area (Å²) in [5.74, 6) is 0.0110. The summed E-state index contributed by atoms with van der Waals surface area (Å²) in [4.78, 5) is 30.0. The van der Waals surface area contributed by atoms with Crippen LogP contribution in [0.15, 0.2) is 60.0 Å². The average molecular weight is 439 g/mol. The van der Waals surface area contributed by atoms with Crippen molar-refractivity contribution in [1.82, 2.24) is 4.90 Å². The molecule has 2 aliphatic rings. The molecule has 3 aromatic rings. The summed E-state index contributed by atoms with van der Waals surface area (Å²) < 4.78 is 14.4. The monoisotopic (exact) mass is 438 g/mol. The average Bonchev–Trinajstić information content (AvgIpc) is 3.47. The molecule has 2 aliphatic heterocycles. The van der Waals surface area contributed by atoms with Crippen molar-refractivity contribution in [2.45, 2.75) is 18.3 Å². The highest BCUT2D eigenvalue weighted by Crippen LogP contribution is 2.55. The van der Waals surface area contributed by atoms with E-state index >= 15 is 0 Å². The highest BCUT2D eigenvalue weighted by molar-refractivity contribution is 8.01. The smallest absolute Gasteiger partial charge is 0.268 e. The Kier molecular flexibility index (Phi) is 4.67. The molecule has 4 nitrogen and oxygen atoms in total. The molecule has 5 rings (SSSR count). The van der Waals surface area contributed by atoms with Crippen molar-refractivity contribution in [2.75, 3.05) is 17.2 Å². The minimum atomic E-state index is -1.10. The quantitative estimate of drug-likeness (QED) is 0.591. The summed E-state index contributed by atoms with van der Waals surface area (Å²) in [5, 5.41) is 1.86. The Bertz CT molecular complexity index is 1150. The summed E-state index contributed by atoms with van der Waals surface area (Å²) in [6.45, 7) is 2.60. The molecule has 0 unspecified atom stereocenters. The van der Waals surface area contributed by atoms with Crippen LogP contribution < -0.4 is 4.90 Å². The number of carbonyl (C=O) groups is 2. The van der Waals surface area contributed by atoms with Crippen molar-refractivity contribution >= 4 is 40.6 Å². The molecule has 0 radical (unpaired) electrons. The van der Waals surface area contributed by atoms with E-state index < -0.39 is 4.87 Å². The number of fused-ring (bicyclic) bond motifs is 2. The Balaban J connectivity index is 1.62. The molecular formula is C23H19FN2O2S2. The van der Waals surface area contributed by atoms with Crippen LogP contribution in [0.3, 0.4) is 0 Å². The fourth-order valence-corrected chi connectivity index (χ4v) is 6.34. The molecule has 1 spiro atoms. The van der Waals surface area contributed by atoms with E-state index in [1.807, 2.05) is 36.6 Å². The second-order valence-electron chi connectivity index (χ2n) is 7.43. The Morgan fingerprint density at radius 2 is 2.00 bits per heavy atom. The van der Waals surface area contributed by atoms with Gasteiger partial charge in [0.15, 0.2) is 4.87 Å². The number of anilines is 1. The predicted molar refractivity (Wildman–Crippen MR) is 118 cm³/mol. The van der Waals surface area contributed by atoms with Crippen LogP contribution in [-0.2, 0) is 16.2 Å².